The van der Waals surface area contributed by atoms with Gasteiger partial charge in [0, 0.05) is 48.8 Å². The van der Waals surface area contributed by atoms with Crippen LogP contribution in [0.5, 0.6) is 0 Å². The number of halogens is 1. The van der Waals surface area contributed by atoms with Gasteiger partial charge in [0.1, 0.15) is 10.7 Å². The molecule has 1 saturated heterocycles. The van der Waals surface area contributed by atoms with Crippen LogP contribution in [0.15, 0.2) is 53.6 Å². The number of fused-ring (bicyclic) bond motifs is 1. The number of hydrogen-bond donors (Lipinski definition) is 1. The van der Waals surface area contributed by atoms with Crippen molar-refractivity contribution in [2.75, 3.05) is 17.8 Å². The number of carbonyl (C=O) groups excluding carboxylic acids is 1. The second-order valence-electron chi connectivity index (χ2n) is 11.0. The zero-order valence-electron chi connectivity index (χ0n) is 21.8. The van der Waals surface area contributed by atoms with E-state index >= 15 is 0 Å². The van der Waals surface area contributed by atoms with Gasteiger partial charge in [-0.2, -0.15) is 0 Å². The zero-order chi connectivity index (χ0) is 26.3. The van der Waals surface area contributed by atoms with Crippen LogP contribution in [0.25, 0.3) is 10.9 Å². The number of aromatic nitrogens is 1. The number of nitrogens with one attached hydrogen (secondary N) is 1. The molecule has 0 spiro atoms. The van der Waals surface area contributed by atoms with Crippen molar-refractivity contribution in [3.63, 3.8) is 0 Å². The molecule has 198 valence electrons. The van der Waals surface area contributed by atoms with Gasteiger partial charge in [0.2, 0.25) is 5.91 Å². The van der Waals surface area contributed by atoms with E-state index in [1.54, 1.807) is 6.07 Å². The Morgan fingerprint density at radius 3 is 2.54 bits per heavy atom. The number of nitrogens with zero attached hydrogens (tertiary/aromatic N) is 2. The number of benzene rings is 2. The topological polar surface area (TPSA) is 71.4 Å². The number of piperidine rings is 1. The van der Waals surface area contributed by atoms with Gasteiger partial charge in [-0.1, -0.05) is 38.8 Å². The highest BCUT2D eigenvalue weighted by molar-refractivity contribution is 7.92. The Labute approximate surface area is 218 Å². The summed E-state index contributed by atoms with van der Waals surface area (Å²) < 4.78 is 44.5. The van der Waals surface area contributed by atoms with Crippen LogP contribution in [0.4, 0.5) is 10.1 Å². The summed E-state index contributed by atoms with van der Waals surface area (Å²) >= 11 is 0. The molecule has 5 rings (SSSR count). The molecule has 1 unspecified atom stereocenters. The van der Waals surface area contributed by atoms with Gasteiger partial charge in [0.15, 0.2) is 0 Å². The predicted octanol–water partition coefficient (Wildman–Crippen LogP) is 5.90. The van der Waals surface area contributed by atoms with E-state index in [9.17, 15) is 17.6 Å². The van der Waals surface area contributed by atoms with Crippen molar-refractivity contribution in [1.29, 1.82) is 0 Å². The highest BCUT2D eigenvalue weighted by Gasteiger charge is 2.35. The molecule has 37 heavy (non-hydrogen) atoms. The maximum absolute atomic E-state index is 14.2. The van der Waals surface area contributed by atoms with Gasteiger partial charge in [0.05, 0.1) is 0 Å². The fourth-order valence-corrected chi connectivity index (χ4v) is 7.54. The van der Waals surface area contributed by atoms with Gasteiger partial charge in [0.25, 0.3) is 10.0 Å². The average Bonchev–Trinajstić information content (AvgIpc) is 3.51. The third kappa shape index (κ3) is 5.00. The number of likely N-dealkylation sites (tertiary alicyclic amines) is 1. The van der Waals surface area contributed by atoms with Crippen LogP contribution in [0, 0.1) is 23.6 Å². The van der Waals surface area contributed by atoms with Crippen LogP contribution in [0.1, 0.15) is 57.4 Å². The van der Waals surface area contributed by atoms with Crippen molar-refractivity contribution in [3.05, 3.63) is 60.0 Å². The monoisotopic (exact) mass is 525 g/mol. The number of carbonyl (C=O) groups is 1. The Hall–Kier alpha value is -2.87. The lowest BCUT2D eigenvalue weighted by Gasteiger charge is -2.39. The lowest BCUT2D eigenvalue weighted by Crippen LogP contribution is -2.45. The molecule has 1 saturated carbocycles. The first-order chi connectivity index (χ1) is 17.7. The molecule has 1 aromatic heterocycles. The first-order valence-corrected chi connectivity index (χ1v) is 14.8. The second-order valence-corrected chi connectivity index (χ2v) is 12.6. The van der Waals surface area contributed by atoms with E-state index in [1.165, 1.54) is 31.0 Å². The maximum Gasteiger partial charge on any atom is 0.264 e. The molecule has 6 nitrogen and oxygen atoms in total. The Bertz CT molecular complexity index is 1410. The first-order valence-electron chi connectivity index (χ1n) is 13.3. The number of aryl methyl sites for hydroxylation is 1. The van der Waals surface area contributed by atoms with Gasteiger partial charge in [-0.25, -0.2) is 12.8 Å². The Morgan fingerprint density at radius 1 is 1.11 bits per heavy atom. The van der Waals surface area contributed by atoms with Gasteiger partial charge >= 0.3 is 0 Å². The summed E-state index contributed by atoms with van der Waals surface area (Å²) in [5.74, 6) is 0.651. The van der Waals surface area contributed by atoms with E-state index in [0.717, 1.165) is 54.9 Å². The van der Waals surface area contributed by atoms with Crippen molar-refractivity contribution in [2.45, 2.75) is 56.8 Å². The van der Waals surface area contributed by atoms with Gasteiger partial charge in [-0.15, -0.1) is 0 Å². The predicted molar refractivity (Wildman–Crippen MR) is 144 cm³/mol. The van der Waals surface area contributed by atoms with Crippen LogP contribution in [-0.4, -0.2) is 36.9 Å². The molecule has 1 N–H and O–H groups in total. The van der Waals surface area contributed by atoms with E-state index in [0.29, 0.717) is 17.5 Å². The molecule has 8 heteroatoms. The minimum atomic E-state index is -4.06. The maximum atomic E-state index is 14.2. The zero-order valence-corrected chi connectivity index (χ0v) is 22.6. The summed E-state index contributed by atoms with van der Waals surface area (Å²) in [6, 6.07) is 10.8. The summed E-state index contributed by atoms with van der Waals surface area (Å²) in [4.78, 5) is 14.9. The minimum Gasteiger partial charge on any atom is -0.350 e. The number of hydrogen-bond acceptors (Lipinski definition) is 3. The molecular weight excluding hydrogens is 489 g/mol. The largest absolute Gasteiger partial charge is 0.350 e. The lowest BCUT2D eigenvalue weighted by molar-refractivity contribution is -0.138. The molecule has 2 heterocycles. The molecule has 2 aliphatic rings. The molecule has 2 fully saturated rings. The third-order valence-electron chi connectivity index (χ3n) is 8.51. The van der Waals surface area contributed by atoms with Gasteiger partial charge in [-0.3, -0.25) is 9.52 Å². The van der Waals surface area contributed by atoms with Gasteiger partial charge in [-0.05, 0) is 72.9 Å². The minimum absolute atomic E-state index is 0.0915. The van der Waals surface area contributed by atoms with Crippen LogP contribution < -0.4 is 4.72 Å². The molecule has 0 radical (unpaired) electrons. The lowest BCUT2D eigenvalue weighted by atomic mass is 9.80. The summed E-state index contributed by atoms with van der Waals surface area (Å²) in [5, 5.41) is 0.979. The third-order valence-corrected chi connectivity index (χ3v) is 9.93. The van der Waals surface area contributed by atoms with Crippen LogP contribution in [0.2, 0.25) is 0 Å². The van der Waals surface area contributed by atoms with Crippen LogP contribution in [0.3, 0.4) is 0 Å². The molecule has 1 aliphatic heterocycles. The summed E-state index contributed by atoms with van der Waals surface area (Å²) in [6.45, 7) is 5.77. The van der Waals surface area contributed by atoms with E-state index in [1.807, 2.05) is 19.2 Å². The molecular formula is C29H36FN3O3S. The molecule has 0 bridgehead atoms. The fraction of sp³-hybridized carbons (Fsp3) is 0.483. The van der Waals surface area contributed by atoms with Crippen molar-refractivity contribution in [1.82, 2.24) is 9.47 Å². The highest BCUT2D eigenvalue weighted by Crippen LogP contribution is 2.40. The second kappa shape index (κ2) is 10.1. The first kappa shape index (κ1) is 25.8. The summed E-state index contributed by atoms with van der Waals surface area (Å²) in [7, 11) is -2.07. The molecule has 2 aromatic carbocycles. The van der Waals surface area contributed by atoms with Crippen LogP contribution in [-0.2, 0) is 21.9 Å². The Morgan fingerprint density at radius 2 is 1.84 bits per heavy atom. The SMILES string of the molecule is CC(C(=O)N1CC[C@@H](c2cn(C)c3ccc(NS(=O)(=O)c4ccccc4F)cc23)[C@@H](C)C1)C1CCCC1. The molecule has 1 aliphatic carbocycles. The summed E-state index contributed by atoms with van der Waals surface area (Å²) in [6.07, 6.45) is 7.80. The number of anilines is 1. The Balaban J connectivity index is 1.37. The molecule has 1 amide bonds. The summed E-state index contributed by atoms with van der Waals surface area (Å²) in [5.41, 5.74) is 2.56. The fourth-order valence-electron chi connectivity index (χ4n) is 6.41. The van der Waals surface area contributed by atoms with Gasteiger partial charge < -0.3 is 9.47 Å². The number of rotatable bonds is 6. The van der Waals surface area contributed by atoms with Crippen molar-refractivity contribution in [2.24, 2.45) is 24.8 Å². The molecule has 3 atom stereocenters. The number of amides is 1. The smallest absolute Gasteiger partial charge is 0.264 e. The average molecular weight is 526 g/mol. The van der Waals surface area contributed by atoms with E-state index in [4.69, 9.17) is 0 Å². The molecule has 3 aromatic rings. The normalized spacial score (nSPS) is 21.9. The standard InChI is InChI=1S/C29H36FN3O3S/c1-19-17-33(29(34)20(2)21-8-4-5-9-21)15-14-23(19)25-18-32(3)27-13-12-22(16-24(25)27)31-37(35,36)28-11-7-6-10-26(28)30/h6-7,10-13,16,18-21,23,31H,4-5,8-9,14-15,17H2,1-3H3/t19-,20?,23+/m0/s1. The van der Waals surface area contributed by atoms with E-state index in [-0.39, 0.29) is 22.6 Å². The quantitative estimate of drug-likeness (QED) is 0.436. The van der Waals surface area contributed by atoms with Crippen molar-refractivity contribution in [3.8, 4) is 0 Å². The highest BCUT2D eigenvalue weighted by atomic mass is 32.2. The van der Waals surface area contributed by atoms with Crippen molar-refractivity contribution >= 4 is 32.5 Å². The van der Waals surface area contributed by atoms with E-state index in [2.05, 4.69) is 34.2 Å². The van der Waals surface area contributed by atoms with Crippen LogP contribution >= 0.6 is 0 Å². The van der Waals surface area contributed by atoms with E-state index < -0.39 is 15.8 Å². The number of sulfonamides is 1. The Kier molecular flexibility index (Phi) is 7.05. The van der Waals surface area contributed by atoms with Crippen molar-refractivity contribution < 1.29 is 17.6 Å².